The largest absolute Gasteiger partial charge is 0.481 e. The molecule has 0 saturated heterocycles. The number of para-hydroxylation sites is 1. The minimum Gasteiger partial charge on any atom is -0.481 e. The summed E-state index contributed by atoms with van der Waals surface area (Å²) in [5.74, 6) is 0.564. The number of carbonyl (C=O) groups is 1. The van der Waals surface area contributed by atoms with Crippen molar-refractivity contribution in [2.24, 2.45) is 0 Å². The van der Waals surface area contributed by atoms with Gasteiger partial charge in [0.15, 0.2) is 6.10 Å². The van der Waals surface area contributed by atoms with Crippen molar-refractivity contribution >= 4 is 5.91 Å². The van der Waals surface area contributed by atoms with Gasteiger partial charge in [0, 0.05) is 13.0 Å². The molecule has 1 aliphatic rings. The van der Waals surface area contributed by atoms with Crippen LogP contribution in [0, 0.1) is 0 Å². The zero-order valence-electron chi connectivity index (χ0n) is 13.2. The molecule has 0 bridgehead atoms. The summed E-state index contributed by atoms with van der Waals surface area (Å²) in [4.78, 5) is 12.1. The fourth-order valence-electron chi connectivity index (χ4n) is 2.66. The van der Waals surface area contributed by atoms with Crippen molar-refractivity contribution in [1.82, 2.24) is 5.32 Å². The molecule has 2 unspecified atom stereocenters. The Morgan fingerprint density at radius 2 is 1.87 bits per heavy atom. The lowest BCUT2D eigenvalue weighted by molar-refractivity contribution is -0.128. The van der Waals surface area contributed by atoms with Crippen LogP contribution in [0.2, 0.25) is 0 Å². The number of nitrogens with one attached hydrogen (secondary N) is 1. The van der Waals surface area contributed by atoms with Crippen LogP contribution in [0.5, 0.6) is 5.75 Å². The van der Waals surface area contributed by atoms with Crippen LogP contribution in [-0.4, -0.2) is 24.7 Å². The van der Waals surface area contributed by atoms with Gasteiger partial charge in [-0.05, 0) is 30.2 Å². The van der Waals surface area contributed by atoms with Crippen LogP contribution >= 0.6 is 0 Å². The van der Waals surface area contributed by atoms with E-state index in [1.54, 1.807) is 6.92 Å². The highest BCUT2D eigenvalue weighted by molar-refractivity contribution is 5.80. The molecule has 1 aliphatic heterocycles. The fourth-order valence-corrected chi connectivity index (χ4v) is 2.66. The molecule has 0 spiro atoms. The molecule has 4 heteroatoms. The van der Waals surface area contributed by atoms with E-state index in [4.69, 9.17) is 9.47 Å². The number of benzene rings is 2. The monoisotopic (exact) mass is 311 g/mol. The van der Waals surface area contributed by atoms with E-state index in [1.807, 2.05) is 42.5 Å². The highest BCUT2D eigenvalue weighted by Gasteiger charge is 2.21. The van der Waals surface area contributed by atoms with Crippen molar-refractivity contribution in [2.75, 3.05) is 6.54 Å². The molecule has 2 aromatic carbocycles. The number of fused-ring (bicyclic) bond motifs is 1. The molecule has 23 heavy (non-hydrogen) atoms. The van der Waals surface area contributed by atoms with Crippen molar-refractivity contribution in [3.8, 4) is 5.75 Å². The van der Waals surface area contributed by atoms with Gasteiger partial charge in [-0.3, -0.25) is 4.79 Å². The number of carbonyl (C=O) groups excluding carboxylic acids is 1. The first-order valence-corrected chi connectivity index (χ1v) is 7.90. The van der Waals surface area contributed by atoms with E-state index in [0.717, 1.165) is 6.42 Å². The van der Waals surface area contributed by atoms with E-state index in [0.29, 0.717) is 18.9 Å². The second kappa shape index (κ2) is 7.29. The van der Waals surface area contributed by atoms with E-state index in [2.05, 4.69) is 17.4 Å². The summed E-state index contributed by atoms with van der Waals surface area (Å²) in [5.41, 5.74) is 2.53. The zero-order valence-corrected chi connectivity index (χ0v) is 13.2. The summed E-state index contributed by atoms with van der Waals surface area (Å²) < 4.78 is 11.4. The van der Waals surface area contributed by atoms with E-state index in [1.165, 1.54) is 11.1 Å². The van der Waals surface area contributed by atoms with E-state index < -0.39 is 6.10 Å². The van der Waals surface area contributed by atoms with Crippen molar-refractivity contribution in [3.05, 3.63) is 65.7 Å². The zero-order chi connectivity index (χ0) is 16.1. The minimum absolute atomic E-state index is 0.0118. The summed E-state index contributed by atoms with van der Waals surface area (Å²) in [6, 6.07) is 17.6. The number of rotatable bonds is 5. The fraction of sp³-hybridized carbons (Fsp3) is 0.316. The normalized spacial score (nSPS) is 17.9. The van der Waals surface area contributed by atoms with Gasteiger partial charge in [-0.1, -0.05) is 42.5 Å². The Kier molecular flexibility index (Phi) is 4.93. The highest BCUT2D eigenvalue weighted by Crippen LogP contribution is 2.19. The molecule has 1 N–H and O–H groups in total. The molecule has 1 amide bonds. The third kappa shape index (κ3) is 4.11. The van der Waals surface area contributed by atoms with Gasteiger partial charge < -0.3 is 14.8 Å². The molecular weight excluding hydrogens is 290 g/mol. The smallest absolute Gasteiger partial charge is 0.260 e. The van der Waals surface area contributed by atoms with Crippen molar-refractivity contribution in [1.29, 1.82) is 0 Å². The van der Waals surface area contributed by atoms with Gasteiger partial charge in [-0.2, -0.15) is 0 Å². The lowest BCUT2D eigenvalue weighted by Gasteiger charge is -2.26. The van der Waals surface area contributed by atoms with Crippen LogP contribution in [0.15, 0.2) is 54.6 Å². The predicted molar refractivity (Wildman–Crippen MR) is 88.3 cm³/mol. The molecule has 4 nitrogen and oxygen atoms in total. The van der Waals surface area contributed by atoms with Gasteiger partial charge in [-0.15, -0.1) is 0 Å². The molecule has 0 saturated carbocycles. The lowest BCUT2D eigenvalue weighted by atomic mass is 9.99. The Labute approximate surface area is 136 Å². The molecule has 2 aromatic rings. The topological polar surface area (TPSA) is 47.6 Å². The van der Waals surface area contributed by atoms with Gasteiger partial charge in [0.25, 0.3) is 5.91 Å². The minimum atomic E-state index is -0.534. The Balaban J connectivity index is 1.48. The van der Waals surface area contributed by atoms with Crippen molar-refractivity contribution in [3.63, 3.8) is 0 Å². The maximum atomic E-state index is 12.1. The first-order valence-electron chi connectivity index (χ1n) is 7.90. The average molecular weight is 311 g/mol. The van der Waals surface area contributed by atoms with Gasteiger partial charge in [0.05, 0.1) is 12.7 Å². The molecule has 0 aliphatic carbocycles. The van der Waals surface area contributed by atoms with Gasteiger partial charge in [0.2, 0.25) is 0 Å². The third-order valence-electron chi connectivity index (χ3n) is 3.97. The maximum Gasteiger partial charge on any atom is 0.260 e. The summed E-state index contributed by atoms with van der Waals surface area (Å²) >= 11 is 0. The molecular formula is C19H21NO3. The van der Waals surface area contributed by atoms with Crippen molar-refractivity contribution < 1.29 is 14.3 Å². The Morgan fingerprint density at radius 3 is 2.65 bits per heavy atom. The molecule has 3 rings (SSSR count). The number of hydrogen-bond donors (Lipinski definition) is 1. The van der Waals surface area contributed by atoms with E-state index >= 15 is 0 Å². The molecule has 120 valence electrons. The second-order valence-electron chi connectivity index (χ2n) is 5.72. The first kappa shape index (κ1) is 15.6. The molecule has 1 heterocycles. The maximum absolute atomic E-state index is 12.1. The van der Waals surface area contributed by atoms with E-state index in [9.17, 15) is 4.79 Å². The van der Waals surface area contributed by atoms with Crippen LogP contribution in [-0.2, 0) is 22.6 Å². The van der Waals surface area contributed by atoms with Crippen LogP contribution in [0.1, 0.15) is 18.1 Å². The first-order chi connectivity index (χ1) is 11.2. The second-order valence-corrected chi connectivity index (χ2v) is 5.72. The summed E-state index contributed by atoms with van der Waals surface area (Å²) in [6.45, 7) is 2.85. The Morgan fingerprint density at radius 1 is 1.17 bits per heavy atom. The third-order valence-corrected chi connectivity index (χ3v) is 3.97. The van der Waals surface area contributed by atoms with Gasteiger partial charge in [0.1, 0.15) is 5.75 Å². The summed E-state index contributed by atoms with van der Waals surface area (Å²) in [5, 5.41) is 2.91. The number of amides is 1. The Hall–Kier alpha value is -2.33. The summed E-state index contributed by atoms with van der Waals surface area (Å²) in [6.07, 6.45) is 0.302. The summed E-state index contributed by atoms with van der Waals surface area (Å²) in [7, 11) is 0. The Bertz CT molecular complexity index is 657. The average Bonchev–Trinajstić information content (AvgIpc) is 2.60. The van der Waals surface area contributed by atoms with Gasteiger partial charge in [-0.25, -0.2) is 0 Å². The van der Waals surface area contributed by atoms with Gasteiger partial charge >= 0.3 is 0 Å². The molecule has 0 radical (unpaired) electrons. The quantitative estimate of drug-likeness (QED) is 0.923. The van der Waals surface area contributed by atoms with Crippen LogP contribution < -0.4 is 10.1 Å². The highest BCUT2D eigenvalue weighted by atomic mass is 16.5. The predicted octanol–water partition coefficient (Wildman–Crippen LogP) is 2.71. The molecule has 0 fully saturated rings. The van der Waals surface area contributed by atoms with Crippen molar-refractivity contribution in [2.45, 2.75) is 32.2 Å². The lowest BCUT2D eigenvalue weighted by Crippen LogP contribution is -2.42. The van der Waals surface area contributed by atoms with E-state index in [-0.39, 0.29) is 12.0 Å². The molecule has 0 aromatic heterocycles. The number of hydrogen-bond acceptors (Lipinski definition) is 3. The van der Waals surface area contributed by atoms with Crippen LogP contribution in [0.3, 0.4) is 0 Å². The van der Waals surface area contributed by atoms with Crippen LogP contribution in [0.25, 0.3) is 0 Å². The molecule has 2 atom stereocenters. The number of ether oxygens (including phenoxy) is 2. The van der Waals surface area contributed by atoms with Crippen LogP contribution in [0.4, 0.5) is 0 Å². The SMILES string of the molecule is CC(Oc1ccccc1)C(=O)NCC1Cc2ccccc2CO1. The standard InChI is InChI=1S/C19H21NO3/c1-14(23-17-9-3-2-4-10-17)19(21)20-12-18-11-15-7-5-6-8-16(15)13-22-18/h2-10,14,18H,11-13H2,1H3,(H,20,21).